The zero-order valence-corrected chi connectivity index (χ0v) is 14.5. The number of aromatic nitrogens is 3. The number of aryl methyl sites for hydroxylation is 1. The molecule has 0 bridgehead atoms. The lowest BCUT2D eigenvalue weighted by Crippen LogP contribution is -2.28. The number of carbonyl (C=O) groups excluding carboxylic acids is 2. The van der Waals surface area contributed by atoms with Gasteiger partial charge in [0.2, 0.25) is 0 Å². The Bertz CT molecular complexity index is 909. The topological polar surface area (TPSA) is 71.0 Å². The minimum absolute atomic E-state index is 0.0594. The van der Waals surface area contributed by atoms with Crippen LogP contribution in [0.5, 0.6) is 0 Å². The summed E-state index contributed by atoms with van der Waals surface area (Å²) in [6, 6.07) is 11.5. The Hall–Kier alpha value is -3.15. The van der Waals surface area contributed by atoms with Crippen LogP contribution < -0.4 is 0 Å². The number of nitrogens with zero attached hydrogens (tertiary/aromatic N) is 3. The fraction of sp³-hybridized carbons (Fsp3) is 0.211. The van der Waals surface area contributed by atoms with Gasteiger partial charge in [-0.1, -0.05) is 30.3 Å². The molecule has 0 atom stereocenters. The van der Waals surface area contributed by atoms with E-state index in [1.54, 1.807) is 42.0 Å². The molecule has 2 heterocycles. The third kappa shape index (κ3) is 3.52. The lowest BCUT2D eigenvalue weighted by molar-refractivity contribution is 0.0772. The summed E-state index contributed by atoms with van der Waals surface area (Å²) in [6.07, 6.45) is 3.43. The van der Waals surface area contributed by atoms with Crippen LogP contribution in [0.2, 0.25) is 0 Å². The summed E-state index contributed by atoms with van der Waals surface area (Å²) < 4.78 is 1.67. The fourth-order valence-electron chi connectivity index (χ4n) is 2.67. The molecular weight excluding hydrogens is 316 g/mol. The molecule has 1 aromatic carbocycles. The van der Waals surface area contributed by atoms with Crippen LogP contribution in [0.3, 0.4) is 0 Å². The van der Waals surface area contributed by atoms with Crippen LogP contribution in [-0.4, -0.2) is 38.2 Å². The van der Waals surface area contributed by atoms with E-state index in [1.165, 1.54) is 6.92 Å². The second-order valence-electron chi connectivity index (χ2n) is 6.05. The number of aromatic amines is 1. The molecule has 0 aliphatic heterocycles. The van der Waals surface area contributed by atoms with E-state index in [0.29, 0.717) is 23.6 Å². The highest BCUT2D eigenvalue weighted by molar-refractivity contribution is 5.99. The second kappa shape index (κ2) is 6.76. The fourth-order valence-corrected chi connectivity index (χ4v) is 2.67. The molecule has 0 unspecified atom stereocenters. The number of rotatable bonds is 5. The van der Waals surface area contributed by atoms with Gasteiger partial charge in [0, 0.05) is 25.9 Å². The van der Waals surface area contributed by atoms with Gasteiger partial charge >= 0.3 is 0 Å². The third-order valence-electron chi connectivity index (χ3n) is 4.08. The van der Waals surface area contributed by atoms with Crippen molar-refractivity contribution in [3.05, 3.63) is 65.9 Å². The molecule has 0 fully saturated rings. The van der Waals surface area contributed by atoms with E-state index < -0.39 is 0 Å². The highest BCUT2D eigenvalue weighted by Gasteiger charge is 2.18. The van der Waals surface area contributed by atoms with Gasteiger partial charge in [-0.05, 0) is 18.6 Å². The molecule has 0 saturated carbocycles. The van der Waals surface area contributed by atoms with Gasteiger partial charge in [0.1, 0.15) is 11.5 Å². The van der Waals surface area contributed by atoms with E-state index in [0.717, 1.165) is 11.3 Å². The van der Waals surface area contributed by atoms with E-state index in [4.69, 9.17) is 0 Å². The maximum atomic E-state index is 12.6. The van der Waals surface area contributed by atoms with Crippen molar-refractivity contribution in [2.75, 3.05) is 7.05 Å². The van der Waals surface area contributed by atoms with Crippen LogP contribution in [0.25, 0.3) is 11.3 Å². The molecule has 6 nitrogen and oxygen atoms in total. The van der Waals surface area contributed by atoms with Gasteiger partial charge < -0.3 is 14.5 Å². The van der Waals surface area contributed by atoms with Crippen LogP contribution in [0.15, 0.2) is 48.8 Å². The molecule has 2 aromatic heterocycles. The van der Waals surface area contributed by atoms with Gasteiger partial charge in [-0.25, -0.2) is 4.98 Å². The average molecular weight is 336 g/mol. The van der Waals surface area contributed by atoms with Gasteiger partial charge in [-0.15, -0.1) is 0 Å². The van der Waals surface area contributed by atoms with E-state index in [2.05, 4.69) is 9.97 Å². The van der Waals surface area contributed by atoms with Crippen LogP contribution >= 0.6 is 0 Å². The predicted molar refractivity (Wildman–Crippen MR) is 95.2 cm³/mol. The van der Waals surface area contributed by atoms with Crippen molar-refractivity contribution >= 4 is 11.7 Å². The minimum atomic E-state index is -0.160. The van der Waals surface area contributed by atoms with Crippen molar-refractivity contribution in [2.45, 2.75) is 13.5 Å². The molecule has 0 saturated heterocycles. The first-order valence-corrected chi connectivity index (χ1v) is 7.98. The zero-order valence-electron chi connectivity index (χ0n) is 14.5. The molecule has 3 aromatic rings. The Balaban J connectivity index is 1.74. The first-order valence-electron chi connectivity index (χ1n) is 7.98. The van der Waals surface area contributed by atoms with E-state index >= 15 is 0 Å². The van der Waals surface area contributed by atoms with Gasteiger partial charge in [-0.2, -0.15) is 0 Å². The number of H-pyrrole nitrogens is 1. The molecular formula is C19H20N4O2. The number of carbonyl (C=O) groups is 2. The lowest BCUT2D eigenvalue weighted by Gasteiger charge is -2.16. The van der Waals surface area contributed by atoms with Crippen LogP contribution in [0.4, 0.5) is 0 Å². The largest absolute Gasteiger partial charge is 0.346 e. The lowest BCUT2D eigenvalue weighted by atomic mass is 10.2. The molecule has 3 rings (SSSR count). The second-order valence-corrected chi connectivity index (χ2v) is 6.05. The first kappa shape index (κ1) is 16.7. The summed E-state index contributed by atoms with van der Waals surface area (Å²) in [5.74, 6) is 0.485. The van der Waals surface area contributed by atoms with Crippen LogP contribution in [0, 0.1) is 0 Å². The smallest absolute Gasteiger partial charge is 0.270 e. The van der Waals surface area contributed by atoms with Crippen molar-refractivity contribution in [2.24, 2.45) is 7.05 Å². The molecule has 1 N–H and O–H groups in total. The normalized spacial score (nSPS) is 10.7. The maximum Gasteiger partial charge on any atom is 0.270 e. The van der Waals surface area contributed by atoms with Gasteiger partial charge in [0.15, 0.2) is 5.78 Å². The van der Waals surface area contributed by atoms with Crippen molar-refractivity contribution in [3.8, 4) is 11.3 Å². The summed E-state index contributed by atoms with van der Waals surface area (Å²) in [4.78, 5) is 33.3. The molecule has 6 heteroatoms. The Morgan fingerprint density at radius 2 is 1.96 bits per heavy atom. The van der Waals surface area contributed by atoms with Crippen molar-refractivity contribution in [3.63, 3.8) is 0 Å². The number of ketones is 1. The average Bonchev–Trinajstić information content (AvgIpc) is 3.22. The summed E-state index contributed by atoms with van der Waals surface area (Å²) in [6.45, 7) is 1.84. The number of hydrogen-bond donors (Lipinski definition) is 1. The zero-order chi connectivity index (χ0) is 18.0. The number of benzene rings is 1. The van der Waals surface area contributed by atoms with Crippen LogP contribution in [0.1, 0.15) is 33.6 Å². The molecule has 25 heavy (non-hydrogen) atoms. The first-order chi connectivity index (χ1) is 12.0. The van der Waals surface area contributed by atoms with Gasteiger partial charge in [0.05, 0.1) is 18.4 Å². The van der Waals surface area contributed by atoms with E-state index in [1.807, 2.05) is 30.3 Å². The molecule has 0 aliphatic rings. The Kier molecular flexibility index (Phi) is 4.52. The number of hydrogen-bond acceptors (Lipinski definition) is 3. The molecule has 0 spiro atoms. The molecule has 0 radical (unpaired) electrons. The van der Waals surface area contributed by atoms with Crippen molar-refractivity contribution in [1.82, 2.24) is 19.4 Å². The molecule has 1 amide bonds. The Morgan fingerprint density at radius 3 is 2.60 bits per heavy atom. The minimum Gasteiger partial charge on any atom is -0.346 e. The predicted octanol–water partition coefficient (Wildman–Crippen LogP) is 2.89. The molecule has 128 valence electrons. The quantitative estimate of drug-likeness (QED) is 0.728. The van der Waals surface area contributed by atoms with Crippen molar-refractivity contribution in [1.29, 1.82) is 0 Å². The highest BCUT2D eigenvalue weighted by Crippen LogP contribution is 2.17. The molecule has 0 aliphatic carbocycles. The Labute approximate surface area is 146 Å². The number of amides is 1. The SMILES string of the molecule is CC(=O)c1cc(C(=O)N(C)Cc2ncc(-c3ccccc3)[nH]2)n(C)c1. The van der Waals surface area contributed by atoms with Crippen molar-refractivity contribution < 1.29 is 9.59 Å². The number of Topliss-reactive ketones (excluding diaryl/α,β-unsaturated/α-hetero) is 1. The Morgan fingerprint density at radius 1 is 1.24 bits per heavy atom. The summed E-state index contributed by atoms with van der Waals surface area (Å²) in [5.41, 5.74) is 2.96. The van der Waals surface area contributed by atoms with E-state index in [9.17, 15) is 9.59 Å². The summed E-state index contributed by atoms with van der Waals surface area (Å²) >= 11 is 0. The number of nitrogens with one attached hydrogen (secondary N) is 1. The third-order valence-corrected chi connectivity index (χ3v) is 4.08. The van der Waals surface area contributed by atoms with Crippen LogP contribution in [-0.2, 0) is 13.6 Å². The monoisotopic (exact) mass is 336 g/mol. The van der Waals surface area contributed by atoms with Gasteiger partial charge in [-0.3, -0.25) is 9.59 Å². The maximum absolute atomic E-state index is 12.6. The van der Waals surface area contributed by atoms with Gasteiger partial charge in [0.25, 0.3) is 5.91 Å². The highest BCUT2D eigenvalue weighted by atomic mass is 16.2. The standard InChI is InChI=1S/C19H20N4O2/c1-13(24)15-9-17(22(2)11-15)19(25)23(3)12-18-20-10-16(21-18)14-7-5-4-6-8-14/h4-11H,12H2,1-3H3,(H,20,21). The number of imidazole rings is 1. The summed E-state index contributed by atoms with van der Waals surface area (Å²) in [5, 5.41) is 0. The van der Waals surface area contributed by atoms with E-state index in [-0.39, 0.29) is 11.7 Å². The summed E-state index contributed by atoms with van der Waals surface area (Å²) in [7, 11) is 3.47.